The molecule has 1 aliphatic rings. The van der Waals surface area contributed by atoms with Gasteiger partial charge < -0.3 is 15.0 Å². The van der Waals surface area contributed by atoms with E-state index in [2.05, 4.69) is 31.1 Å². The first-order valence-electron chi connectivity index (χ1n) is 7.54. The first kappa shape index (κ1) is 16.4. The Hall–Kier alpha value is -0.610. The Kier molecular flexibility index (Phi) is 6.27. The molecule has 0 aromatic heterocycles. The van der Waals surface area contributed by atoms with Gasteiger partial charge in [0, 0.05) is 13.1 Å². The van der Waals surface area contributed by atoms with Gasteiger partial charge in [-0.2, -0.15) is 0 Å². The van der Waals surface area contributed by atoms with Crippen LogP contribution in [0.15, 0.2) is 0 Å². The van der Waals surface area contributed by atoms with Gasteiger partial charge in [-0.3, -0.25) is 0 Å². The van der Waals surface area contributed by atoms with E-state index in [1.165, 1.54) is 6.42 Å². The van der Waals surface area contributed by atoms with E-state index in [1.54, 1.807) is 0 Å². The molecule has 1 rings (SSSR count). The van der Waals surface area contributed by atoms with Crippen molar-refractivity contribution in [2.45, 2.75) is 45.6 Å². The highest BCUT2D eigenvalue weighted by molar-refractivity contribution is 5.82. The maximum Gasteiger partial charge on any atom is 0.327 e. The van der Waals surface area contributed by atoms with Crippen molar-refractivity contribution in [2.24, 2.45) is 11.8 Å². The normalized spacial score (nSPS) is 20.1. The summed E-state index contributed by atoms with van der Waals surface area (Å²) >= 11 is 0. The molecule has 4 nitrogen and oxygen atoms in total. The number of nitrogens with zero attached hydrogens (tertiary/aromatic N) is 1. The summed E-state index contributed by atoms with van der Waals surface area (Å²) in [6.07, 6.45) is 3.41. The molecule has 4 heteroatoms. The van der Waals surface area contributed by atoms with E-state index in [1.807, 2.05) is 14.0 Å². The third-order valence-corrected chi connectivity index (χ3v) is 4.20. The molecule has 19 heavy (non-hydrogen) atoms. The lowest BCUT2D eigenvalue weighted by Crippen LogP contribution is -2.60. The molecule has 0 aliphatic heterocycles. The maximum absolute atomic E-state index is 12.4. The van der Waals surface area contributed by atoms with Crippen LogP contribution < -0.4 is 5.32 Å². The quantitative estimate of drug-likeness (QED) is 0.650. The summed E-state index contributed by atoms with van der Waals surface area (Å²) in [5.74, 6) is 0.993. The van der Waals surface area contributed by atoms with Crippen molar-refractivity contribution < 1.29 is 9.53 Å². The highest BCUT2D eigenvalue weighted by atomic mass is 16.5. The molecule has 1 fully saturated rings. The average Bonchev–Trinajstić information content (AvgIpc) is 3.20. The van der Waals surface area contributed by atoms with E-state index in [0.29, 0.717) is 18.4 Å². The summed E-state index contributed by atoms with van der Waals surface area (Å²) in [5.41, 5.74) is -0.516. The number of carbonyl (C=O) groups is 1. The lowest BCUT2D eigenvalue weighted by molar-refractivity contribution is -0.153. The first-order valence-corrected chi connectivity index (χ1v) is 7.54. The number of carbonyl (C=O) groups excluding carboxylic acids is 1. The molecule has 0 bridgehead atoms. The van der Waals surface area contributed by atoms with Gasteiger partial charge in [-0.15, -0.1) is 0 Å². The fraction of sp³-hybridized carbons (Fsp3) is 0.933. The van der Waals surface area contributed by atoms with Crippen molar-refractivity contribution >= 4 is 5.97 Å². The maximum atomic E-state index is 12.4. The molecule has 0 saturated heterocycles. The van der Waals surface area contributed by atoms with Gasteiger partial charge in [-0.25, -0.2) is 4.79 Å². The summed E-state index contributed by atoms with van der Waals surface area (Å²) in [5, 5.41) is 3.27. The Morgan fingerprint density at radius 2 is 2.11 bits per heavy atom. The zero-order valence-corrected chi connectivity index (χ0v) is 13.2. The summed E-state index contributed by atoms with van der Waals surface area (Å²) in [6.45, 7) is 8.52. The smallest absolute Gasteiger partial charge is 0.327 e. The van der Waals surface area contributed by atoms with Crippen LogP contribution in [0.3, 0.4) is 0 Å². The summed E-state index contributed by atoms with van der Waals surface area (Å²) in [6, 6.07) is 0. The second-order valence-corrected chi connectivity index (χ2v) is 5.93. The number of hydrogen-bond donors (Lipinski definition) is 1. The number of esters is 1. The van der Waals surface area contributed by atoms with Crippen LogP contribution in [0.4, 0.5) is 0 Å². The fourth-order valence-electron chi connectivity index (χ4n) is 2.73. The van der Waals surface area contributed by atoms with Gasteiger partial charge in [0.1, 0.15) is 5.54 Å². The van der Waals surface area contributed by atoms with Crippen molar-refractivity contribution in [2.75, 3.05) is 33.8 Å². The van der Waals surface area contributed by atoms with E-state index in [4.69, 9.17) is 4.74 Å². The molecule has 0 spiro atoms. The van der Waals surface area contributed by atoms with Crippen LogP contribution in [0.5, 0.6) is 0 Å². The van der Waals surface area contributed by atoms with Gasteiger partial charge in [0.05, 0.1) is 6.61 Å². The molecule has 2 atom stereocenters. The summed E-state index contributed by atoms with van der Waals surface area (Å²) < 4.78 is 5.30. The van der Waals surface area contributed by atoms with Crippen LogP contribution in [0.25, 0.3) is 0 Å². The predicted molar refractivity (Wildman–Crippen MR) is 78.1 cm³/mol. The van der Waals surface area contributed by atoms with Crippen LogP contribution >= 0.6 is 0 Å². The van der Waals surface area contributed by atoms with Crippen molar-refractivity contribution in [1.29, 1.82) is 0 Å². The molecular weight excluding hydrogens is 240 g/mol. The highest BCUT2D eigenvalue weighted by Gasteiger charge is 2.51. The Labute approximate surface area is 117 Å². The number of hydrogen-bond acceptors (Lipinski definition) is 4. The van der Waals surface area contributed by atoms with Crippen LogP contribution in [-0.2, 0) is 9.53 Å². The average molecular weight is 270 g/mol. The second kappa shape index (κ2) is 7.25. The molecule has 0 aromatic rings. The number of likely N-dealkylation sites (N-methyl/N-ethyl adjacent to an activating group) is 2. The number of nitrogens with one attached hydrogen (secondary N) is 1. The third-order valence-electron chi connectivity index (χ3n) is 4.20. The Bertz CT molecular complexity index is 292. The third kappa shape index (κ3) is 4.18. The van der Waals surface area contributed by atoms with Gasteiger partial charge in [0.25, 0.3) is 0 Å². The van der Waals surface area contributed by atoms with Gasteiger partial charge in [-0.05, 0) is 45.7 Å². The number of ether oxygens (including phenoxy) is 1. The first-order chi connectivity index (χ1) is 9.00. The molecule has 2 unspecified atom stereocenters. The van der Waals surface area contributed by atoms with Crippen LogP contribution in [0.1, 0.15) is 40.0 Å². The Balaban J connectivity index is 2.71. The Morgan fingerprint density at radius 3 is 2.53 bits per heavy atom. The molecule has 0 heterocycles. The fourth-order valence-corrected chi connectivity index (χ4v) is 2.73. The van der Waals surface area contributed by atoms with E-state index in [-0.39, 0.29) is 5.97 Å². The SMILES string of the molecule is CCOC(=O)C(CN(C)CC(C)CC)(NC)C1CC1. The van der Waals surface area contributed by atoms with E-state index >= 15 is 0 Å². The molecule has 1 aliphatic carbocycles. The van der Waals surface area contributed by atoms with Crippen LogP contribution in [0, 0.1) is 11.8 Å². The van der Waals surface area contributed by atoms with E-state index in [0.717, 1.165) is 25.9 Å². The minimum absolute atomic E-state index is 0.0870. The van der Waals surface area contributed by atoms with Crippen molar-refractivity contribution in [1.82, 2.24) is 10.2 Å². The van der Waals surface area contributed by atoms with Crippen molar-refractivity contribution in [3.8, 4) is 0 Å². The topological polar surface area (TPSA) is 41.6 Å². The van der Waals surface area contributed by atoms with Crippen molar-refractivity contribution in [3.05, 3.63) is 0 Å². The van der Waals surface area contributed by atoms with Gasteiger partial charge in [0.15, 0.2) is 0 Å². The zero-order valence-electron chi connectivity index (χ0n) is 13.2. The molecule has 1 N–H and O–H groups in total. The Morgan fingerprint density at radius 1 is 1.47 bits per heavy atom. The molecule has 0 radical (unpaired) electrons. The molecule has 0 amide bonds. The zero-order chi connectivity index (χ0) is 14.5. The lowest BCUT2D eigenvalue weighted by atomic mass is 9.92. The number of rotatable bonds is 9. The predicted octanol–water partition coefficient (Wildman–Crippen LogP) is 1.90. The van der Waals surface area contributed by atoms with Gasteiger partial charge in [0.2, 0.25) is 0 Å². The van der Waals surface area contributed by atoms with Crippen LogP contribution in [-0.4, -0.2) is 50.2 Å². The summed E-state index contributed by atoms with van der Waals surface area (Å²) in [4.78, 5) is 14.6. The van der Waals surface area contributed by atoms with Crippen molar-refractivity contribution in [3.63, 3.8) is 0 Å². The monoisotopic (exact) mass is 270 g/mol. The molecule has 0 aromatic carbocycles. The van der Waals surface area contributed by atoms with E-state index in [9.17, 15) is 4.79 Å². The lowest BCUT2D eigenvalue weighted by Gasteiger charge is -2.35. The summed E-state index contributed by atoms with van der Waals surface area (Å²) in [7, 11) is 3.98. The van der Waals surface area contributed by atoms with Gasteiger partial charge in [-0.1, -0.05) is 20.3 Å². The van der Waals surface area contributed by atoms with E-state index < -0.39 is 5.54 Å². The van der Waals surface area contributed by atoms with Gasteiger partial charge >= 0.3 is 5.97 Å². The molecule has 112 valence electrons. The largest absolute Gasteiger partial charge is 0.465 e. The molecular formula is C15H30N2O2. The highest BCUT2D eigenvalue weighted by Crippen LogP contribution is 2.40. The minimum atomic E-state index is -0.516. The standard InChI is InChI=1S/C15H30N2O2/c1-6-12(3)10-17(5)11-15(16-4,13-8-9-13)14(18)19-7-2/h12-13,16H,6-11H2,1-5H3. The van der Waals surface area contributed by atoms with Crippen LogP contribution in [0.2, 0.25) is 0 Å². The minimum Gasteiger partial charge on any atom is -0.465 e. The molecule has 1 saturated carbocycles. The second-order valence-electron chi connectivity index (χ2n) is 5.93.